The van der Waals surface area contributed by atoms with Crippen LogP contribution in [0.25, 0.3) is 21.7 Å². The number of methoxy groups -OCH3 is 1. The number of thiazole rings is 1. The lowest BCUT2D eigenvalue weighted by atomic mass is 10.1. The number of para-hydroxylation sites is 2. The molecule has 9 heteroatoms. The van der Waals surface area contributed by atoms with Crippen molar-refractivity contribution in [1.82, 2.24) is 14.1 Å². The fourth-order valence-electron chi connectivity index (χ4n) is 3.43. The van der Waals surface area contributed by atoms with Crippen molar-refractivity contribution in [1.29, 1.82) is 5.26 Å². The third kappa shape index (κ3) is 3.78. The third-order valence-corrected chi connectivity index (χ3v) is 6.92. The van der Waals surface area contributed by atoms with Crippen LogP contribution in [-0.4, -0.2) is 27.0 Å². The van der Waals surface area contributed by atoms with E-state index in [1.54, 1.807) is 19.2 Å². The number of ether oxygens (including phenoxy) is 1. The van der Waals surface area contributed by atoms with E-state index in [0.717, 1.165) is 16.8 Å². The molecule has 0 aliphatic heterocycles. The molecule has 2 heterocycles. The maximum Gasteiger partial charge on any atom is 0.278 e. The van der Waals surface area contributed by atoms with Crippen LogP contribution in [0.4, 0.5) is 0 Å². The number of nitriles is 1. The lowest BCUT2D eigenvalue weighted by Crippen LogP contribution is -2.22. The highest BCUT2D eigenvalue weighted by molar-refractivity contribution is 7.99. The average molecular weight is 467 g/mol. The van der Waals surface area contributed by atoms with Gasteiger partial charge in [0.2, 0.25) is 0 Å². The summed E-state index contributed by atoms with van der Waals surface area (Å²) in [6.07, 6.45) is 0. The van der Waals surface area contributed by atoms with Gasteiger partial charge in [-0.15, -0.1) is 0 Å². The molecule has 0 aliphatic rings. The third-order valence-electron chi connectivity index (χ3n) is 4.76. The van der Waals surface area contributed by atoms with Crippen molar-refractivity contribution < 1.29 is 4.74 Å². The Hall–Kier alpha value is -2.93. The number of aromatic nitrogens is 3. The molecule has 0 saturated carbocycles. The zero-order chi connectivity index (χ0) is 22.1. The Morgan fingerprint density at radius 2 is 1.97 bits per heavy atom. The van der Waals surface area contributed by atoms with Crippen molar-refractivity contribution in [2.24, 2.45) is 0 Å². The van der Waals surface area contributed by atoms with Crippen molar-refractivity contribution in [3.05, 3.63) is 67.9 Å². The number of nitrogens with zero attached hydrogens (tertiary/aromatic N) is 4. The second-order valence-electron chi connectivity index (χ2n) is 6.80. The second kappa shape index (κ2) is 8.67. The lowest BCUT2D eigenvalue weighted by molar-refractivity contribution is 0.411. The highest BCUT2D eigenvalue weighted by Crippen LogP contribution is 2.30. The minimum atomic E-state index is -0.241. The fourth-order valence-corrected chi connectivity index (χ4v) is 5.37. The van der Waals surface area contributed by atoms with Crippen molar-refractivity contribution in [3.8, 4) is 23.2 Å². The topological polar surface area (TPSA) is 72.8 Å². The monoisotopic (exact) mass is 466 g/mol. The molecule has 0 atom stereocenters. The normalized spacial score (nSPS) is 10.9. The standard InChI is InChI=1S/C22H18N4O2S3/c1-13-8-9-15(14(2)12-13)25-19-18(31-22(25)29)20(27)26(21(24-19)30-11-10-23)16-6-4-5-7-17(16)28-3/h4-9,12H,11H2,1-3H3. The Morgan fingerprint density at radius 1 is 1.19 bits per heavy atom. The van der Waals surface area contributed by atoms with Gasteiger partial charge in [0, 0.05) is 0 Å². The van der Waals surface area contributed by atoms with Crippen LogP contribution in [0.1, 0.15) is 11.1 Å². The predicted octanol–water partition coefficient (Wildman–Crippen LogP) is 5.21. The molecule has 4 rings (SSSR count). The van der Waals surface area contributed by atoms with E-state index < -0.39 is 0 Å². The van der Waals surface area contributed by atoms with Crippen LogP contribution in [0, 0.1) is 29.1 Å². The largest absolute Gasteiger partial charge is 0.495 e. The molecular weight excluding hydrogens is 448 g/mol. The maximum atomic E-state index is 13.6. The molecule has 4 aromatic rings. The number of hydrogen-bond donors (Lipinski definition) is 0. The van der Waals surface area contributed by atoms with Crippen LogP contribution in [0.2, 0.25) is 0 Å². The van der Waals surface area contributed by atoms with Gasteiger partial charge in [-0.25, -0.2) is 4.98 Å². The number of rotatable bonds is 5. The SMILES string of the molecule is COc1ccccc1-n1c(SCC#N)nc2c(sc(=S)n2-c2ccc(C)cc2C)c1=O. The van der Waals surface area contributed by atoms with E-state index in [1.807, 2.05) is 42.7 Å². The lowest BCUT2D eigenvalue weighted by Gasteiger charge is -2.15. The molecule has 0 amide bonds. The first-order valence-electron chi connectivity index (χ1n) is 9.35. The van der Waals surface area contributed by atoms with Crippen LogP contribution >= 0.6 is 35.3 Å². The molecule has 0 N–H and O–H groups in total. The zero-order valence-electron chi connectivity index (χ0n) is 17.1. The Kier molecular flexibility index (Phi) is 5.96. The minimum absolute atomic E-state index is 0.154. The molecule has 0 spiro atoms. The smallest absolute Gasteiger partial charge is 0.278 e. The van der Waals surface area contributed by atoms with Crippen LogP contribution in [0.3, 0.4) is 0 Å². The summed E-state index contributed by atoms with van der Waals surface area (Å²) in [6.45, 7) is 4.04. The van der Waals surface area contributed by atoms with Crippen molar-refractivity contribution in [3.63, 3.8) is 0 Å². The summed E-state index contributed by atoms with van der Waals surface area (Å²) >= 11 is 8.07. The summed E-state index contributed by atoms with van der Waals surface area (Å²) in [7, 11) is 1.55. The highest BCUT2D eigenvalue weighted by Gasteiger charge is 2.21. The average Bonchev–Trinajstić information content (AvgIpc) is 3.08. The maximum absolute atomic E-state index is 13.6. The van der Waals surface area contributed by atoms with Crippen LogP contribution in [0.15, 0.2) is 52.4 Å². The van der Waals surface area contributed by atoms with Gasteiger partial charge in [0.25, 0.3) is 5.56 Å². The molecule has 0 saturated heterocycles. The van der Waals surface area contributed by atoms with E-state index in [0.29, 0.717) is 30.9 Å². The van der Waals surface area contributed by atoms with Crippen molar-refractivity contribution in [2.75, 3.05) is 12.9 Å². The fraction of sp³-hybridized carbons (Fsp3) is 0.182. The number of hydrogen-bond acceptors (Lipinski definition) is 7. The molecule has 0 unspecified atom stereocenters. The molecule has 31 heavy (non-hydrogen) atoms. The summed E-state index contributed by atoms with van der Waals surface area (Å²) in [6, 6.07) is 15.4. The van der Waals surface area contributed by atoms with Crippen LogP contribution < -0.4 is 10.3 Å². The summed E-state index contributed by atoms with van der Waals surface area (Å²) < 4.78 is 9.81. The van der Waals surface area contributed by atoms with E-state index in [-0.39, 0.29) is 11.3 Å². The first-order valence-corrected chi connectivity index (χ1v) is 11.6. The van der Waals surface area contributed by atoms with Gasteiger partial charge in [-0.2, -0.15) is 5.26 Å². The Bertz CT molecular complexity index is 1460. The molecule has 2 aromatic carbocycles. The molecule has 0 radical (unpaired) electrons. The summed E-state index contributed by atoms with van der Waals surface area (Å²) in [5.74, 6) is 0.698. The molecule has 0 fully saturated rings. The number of fused-ring (bicyclic) bond motifs is 1. The Morgan fingerprint density at radius 3 is 2.68 bits per heavy atom. The van der Waals surface area contributed by atoms with Crippen LogP contribution in [0.5, 0.6) is 5.75 Å². The van der Waals surface area contributed by atoms with Gasteiger partial charge in [0.15, 0.2) is 14.8 Å². The van der Waals surface area contributed by atoms with Gasteiger partial charge in [-0.3, -0.25) is 13.9 Å². The van der Waals surface area contributed by atoms with E-state index in [1.165, 1.54) is 27.7 Å². The van der Waals surface area contributed by atoms with Crippen LogP contribution in [-0.2, 0) is 0 Å². The van der Waals surface area contributed by atoms with Gasteiger partial charge in [-0.1, -0.05) is 52.9 Å². The van der Waals surface area contributed by atoms with E-state index in [4.69, 9.17) is 27.2 Å². The van der Waals surface area contributed by atoms with Gasteiger partial charge in [0.1, 0.15) is 10.4 Å². The second-order valence-corrected chi connectivity index (χ2v) is 9.39. The van der Waals surface area contributed by atoms with Crippen molar-refractivity contribution >= 4 is 45.7 Å². The number of thioether (sulfide) groups is 1. The first kappa shape index (κ1) is 21.3. The minimum Gasteiger partial charge on any atom is -0.495 e. The Labute approximate surface area is 192 Å². The molecule has 6 nitrogen and oxygen atoms in total. The Balaban J connectivity index is 2.08. The quantitative estimate of drug-likeness (QED) is 0.228. The molecular formula is C22H18N4O2S3. The van der Waals surface area contributed by atoms with Crippen molar-refractivity contribution in [2.45, 2.75) is 19.0 Å². The van der Waals surface area contributed by atoms with E-state index in [9.17, 15) is 4.79 Å². The zero-order valence-corrected chi connectivity index (χ0v) is 19.5. The molecule has 156 valence electrons. The first-order chi connectivity index (χ1) is 15.0. The van der Waals surface area contributed by atoms with Gasteiger partial charge < -0.3 is 4.74 Å². The summed E-state index contributed by atoms with van der Waals surface area (Å²) in [4.78, 5) is 18.5. The molecule has 0 bridgehead atoms. The van der Waals surface area contributed by atoms with Gasteiger partial charge in [0.05, 0.1) is 30.3 Å². The summed E-state index contributed by atoms with van der Waals surface area (Å²) in [5.41, 5.74) is 3.90. The van der Waals surface area contributed by atoms with E-state index in [2.05, 4.69) is 12.1 Å². The highest BCUT2D eigenvalue weighted by atomic mass is 32.2. The summed E-state index contributed by atoms with van der Waals surface area (Å²) in [5, 5.41) is 9.55. The van der Waals surface area contributed by atoms with Gasteiger partial charge >= 0.3 is 0 Å². The van der Waals surface area contributed by atoms with E-state index >= 15 is 0 Å². The predicted molar refractivity (Wildman–Crippen MR) is 128 cm³/mol. The number of benzene rings is 2. The molecule has 0 aliphatic carbocycles. The molecule has 2 aromatic heterocycles. The van der Waals surface area contributed by atoms with Gasteiger partial charge in [-0.05, 0) is 49.8 Å². The number of aryl methyl sites for hydroxylation is 2.